The fraction of sp³-hybridized carbons (Fsp3) is 0.400. The molecule has 3 aromatic heterocycles. The van der Waals surface area contributed by atoms with E-state index in [1.165, 1.54) is 30.6 Å². The van der Waals surface area contributed by atoms with Crippen LogP contribution in [-0.4, -0.2) is 86.9 Å². The van der Waals surface area contributed by atoms with Gasteiger partial charge in [0.25, 0.3) is 5.91 Å². The molecule has 0 saturated carbocycles. The lowest BCUT2D eigenvalue weighted by atomic mass is 10.1. The van der Waals surface area contributed by atoms with Crippen LogP contribution in [0.25, 0.3) is 16.8 Å². The Labute approximate surface area is 294 Å². The number of thiazole rings is 1. The van der Waals surface area contributed by atoms with Crippen LogP contribution >= 0.6 is 34.5 Å². The number of hydrogen-bond acceptors (Lipinski definition) is 11. The van der Waals surface area contributed by atoms with Crippen molar-refractivity contribution in [3.05, 3.63) is 51.1 Å². The maximum absolute atomic E-state index is 13.0. The van der Waals surface area contributed by atoms with Crippen molar-refractivity contribution in [2.24, 2.45) is 0 Å². The molecule has 4 aromatic rings. The molecule has 264 valence electrons. The summed E-state index contributed by atoms with van der Waals surface area (Å²) in [5.41, 5.74) is 7.93. The van der Waals surface area contributed by atoms with Gasteiger partial charge in [-0.3, -0.25) is 4.79 Å². The molecule has 1 aromatic carbocycles. The smallest absolute Gasteiger partial charge is 0.475 e. The van der Waals surface area contributed by atoms with Crippen molar-refractivity contribution in [2.75, 3.05) is 55.6 Å². The minimum absolute atomic E-state index is 0.208. The number of amides is 1. The van der Waals surface area contributed by atoms with E-state index in [0.29, 0.717) is 68.0 Å². The molecule has 49 heavy (non-hydrogen) atoms. The SMILES string of the molecule is CC.N#Cc1sc(NCCNc2nc(-c3ccc(Cl)cc3Cl)cn3nc(C(=O)NCCN4CCCCC4)cc23)nc1N.O=C(O)C(F)(F)F. The number of likely N-dealkylation sites (tertiary alicyclic amines) is 1. The fourth-order valence-electron chi connectivity index (χ4n) is 4.50. The monoisotopic (exact) mass is 742 g/mol. The third kappa shape index (κ3) is 11.3. The second kappa shape index (κ2) is 18.4. The lowest BCUT2D eigenvalue weighted by molar-refractivity contribution is -0.192. The number of benzene rings is 1. The highest BCUT2D eigenvalue weighted by atomic mass is 35.5. The highest BCUT2D eigenvalue weighted by Crippen LogP contribution is 2.31. The number of hydrogen-bond donors (Lipinski definition) is 5. The molecule has 19 heteroatoms. The number of carbonyl (C=O) groups is 2. The molecule has 0 spiro atoms. The van der Waals surface area contributed by atoms with Gasteiger partial charge < -0.3 is 31.7 Å². The predicted octanol–water partition coefficient (Wildman–Crippen LogP) is 6.01. The average Bonchev–Trinajstić information content (AvgIpc) is 3.67. The van der Waals surface area contributed by atoms with Gasteiger partial charge in [-0.2, -0.15) is 23.5 Å². The van der Waals surface area contributed by atoms with Crippen molar-refractivity contribution < 1.29 is 27.9 Å². The van der Waals surface area contributed by atoms with E-state index in [9.17, 15) is 18.0 Å². The standard InChI is InChI=1S/C26H28Cl2N10OS.C2HF3O2.C2H6/c27-16-4-5-17(18(28)12-16)20-15-38-21(13-19(36-38)25(39)32-8-11-37-9-2-1-3-10-37)24(34-20)31-6-7-33-26-35-23(30)22(14-29)40-26;3-2(4,5)1(6)7;1-2/h4-5,12-13,15H,1-3,6-11,30H2,(H,31,34)(H,32,39)(H,33,35);(H,6,7);1-2H3. The Kier molecular flexibility index (Phi) is 14.7. The minimum Gasteiger partial charge on any atom is -0.475 e. The molecule has 0 radical (unpaired) electrons. The number of nitrogens with zero attached hydrogens (tertiary/aromatic N) is 6. The number of nitriles is 1. The van der Waals surface area contributed by atoms with Crippen molar-refractivity contribution in [3.63, 3.8) is 0 Å². The number of aromatic nitrogens is 4. The van der Waals surface area contributed by atoms with Crippen LogP contribution in [0.5, 0.6) is 0 Å². The Bertz CT molecular complexity index is 1770. The maximum atomic E-state index is 13.0. The van der Waals surface area contributed by atoms with Crippen molar-refractivity contribution >= 4 is 68.7 Å². The van der Waals surface area contributed by atoms with Gasteiger partial charge in [-0.1, -0.05) is 54.8 Å². The maximum Gasteiger partial charge on any atom is 0.490 e. The van der Waals surface area contributed by atoms with Crippen LogP contribution in [0, 0.1) is 11.3 Å². The summed E-state index contributed by atoms with van der Waals surface area (Å²) in [4.78, 5) is 33.5. The van der Waals surface area contributed by atoms with E-state index >= 15 is 0 Å². The zero-order valence-corrected chi connectivity index (χ0v) is 28.9. The Morgan fingerprint density at radius 2 is 1.76 bits per heavy atom. The number of aliphatic carboxylic acids is 1. The van der Waals surface area contributed by atoms with Crippen LogP contribution in [0.3, 0.4) is 0 Å². The number of nitrogens with two attached hydrogens (primary N) is 1. The summed E-state index contributed by atoms with van der Waals surface area (Å²) in [7, 11) is 0. The van der Waals surface area contributed by atoms with Crippen molar-refractivity contribution in [2.45, 2.75) is 39.3 Å². The van der Waals surface area contributed by atoms with Crippen molar-refractivity contribution in [1.82, 2.24) is 29.8 Å². The number of carboxylic acids is 1. The first kappa shape index (κ1) is 39.1. The molecule has 1 saturated heterocycles. The summed E-state index contributed by atoms with van der Waals surface area (Å²) in [6.45, 7) is 8.47. The first-order chi connectivity index (χ1) is 23.3. The fourth-order valence-corrected chi connectivity index (χ4v) is 5.71. The number of carbonyl (C=O) groups excluding carboxylic acids is 1. The third-order valence-electron chi connectivity index (χ3n) is 6.75. The lowest BCUT2D eigenvalue weighted by Crippen LogP contribution is -2.37. The molecule has 4 heterocycles. The zero-order valence-electron chi connectivity index (χ0n) is 26.6. The molecular weight excluding hydrogens is 708 g/mol. The molecule has 6 N–H and O–H groups in total. The number of anilines is 3. The first-order valence-electron chi connectivity index (χ1n) is 15.2. The van der Waals surface area contributed by atoms with Gasteiger partial charge >= 0.3 is 12.1 Å². The Morgan fingerprint density at radius 3 is 2.37 bits per heavy atom. The largest absolute Gasteiger partial charge is 0.490 e. The second-order valence-corrected chi connectivity index (χ2v) is 12.0. The van der Waals surface area contributed by atoms with Gasteiger partial charge in [0.05, 0.1) is 16.9 Å². The molecule has 1 fully saturated rings. The van der Waals surface area contributed by atoms with Crippen LogP contribution in [0.15, 0.2) is 30.5 Å². The number of nitrogen functional groups attached to an aromatic ring is 1. The Hall–Kier alpha value is -4.37. The quantitative estimate of drug-likeness (QED) is 0.120. The highest BCUT2D eigenvalue weighted by Gasteiger charge is 2.38. The van der Waals surface area contributed by atoms with Crippen LogP contribution in [-0.2, 0) is 4.79 Å². The number of nitrogens with one attached hydrogen (secondary N) is 3. The number of alkyl halides is 3. The molecule has 0 aliphatic carbocycles. The highest BCUT2D eigenvalue weighted by molar-refractivity contribution is 7.16. The summed E-state index contributed by atoms with van der Waals surface area (Å²) in [6, 6.07) is 8.93. The second-order valence-electron chi connectivity index (χ2n) is 10.1. The van der Waals surface area contributed by atoms with Crippen LogP contribution in [0.1, 0.15) is 48.5 Å². The summed E-state index contributed by atoms with van der Waals surface area (Å²) < 4.78 is 33.4. The summed E-state index contributed by atoms with van der Waals surface area (Å²) in [5.74, 6) is -2.26. The van der Waals surface area contributed by atoms with E-state index in [-0.39, 0.29) is 11.7 Å². The molecule has 13 nitrogen and oxygen atoms in total. The Balaban J connectivity index is 0.000000644. The molecule has 0 unspecified atom stereocenters. The number of carboxylic acid groups (broad SMARTS) is 1. The normalized spacial score (nSPS) is 12.9. The molecule has 0 bridgehead atoms. The van der Waals surface area contributed by atoms with E-state index in [0.717, 1.165) is 19.6 Å². The van der Waals surface area contributed by atoms with Gasteiger partial charge in [0, 0.05) is 42.8 Å². The van der Waals surface area contributed by atoms with Gasteiger partial charge in [0.2, 0.25) is 0 Å². The summed E-state index contributed by atoms with van der Waals surface area (Å²) >= 11 is 13.8. The number of rotatable bonds is 10. The van der Waals surface area contributed by atoms with Gasteiger partial charge in [-0.15, -0.1) is 0 Å². The van der Waals surface area contributed by atoms with Crippen LogP contribution in [0.2, 0.25) is 10.0 Å². The van der Waals surface area contributed by atoms with E-state index in [2.05, 4.69) is 30.9 Å². The molecule has 0 atom stereocenters. The zero-order chi connectivity index (χ0) is 36.1. The topological polar surface area (TPSA) is 187 Å². The van der Waals surface area contributed by atoms with Gasteiger partial charge in [-0.05, 0) is 44.1 Å². The average molecular weight is 744 g/mol. The van der Waals surface area contributed by atoms with Gasteiger partial charge in [0.1, 0.15) is 16.5 Å². The summed E-state index contributed by atoms with van der Waals surface area (Å²) in [5, 5.41) is 31.7. The van der Waals surface area contributed by atoms with Gasteiger partial charge in [0.15, 0.2) is 22.5 Å². The molecule has 1 aliphatic rings. The molecule has 1 aliphatic heterocycles. The van der Waals surface area contributed by atoms with Crippen LogP contribution in [0.4, 0.5) is 29.9 Å². The minimum atomic E-state index is -5.08. The molecule has 1 amide bonds. The van der Waals surface area contributed by atoms with E-state index in [4.69, 9.17) is 49.1 Å². The molecular formula is C30H35Cl2F3N10O3S. The number of fused-ring (bicyclic) bond motifs is 1. The lowest BCUT2D eigenvalue weighted by Gasteiger charge is -2.26. The van der Waals surface area contributed by atoms with Crippen molar-refractivity contribution in [1.29, 1.82) is 5.26 Å². The number of piperidine rings is 1. The van der Waals surface area contributed by atoms with E-state index in [1.54, 1.807) is 35.0 Å². The van der Waals surface area contributed by atoms with E-state index in [1.807, 2.05) is 19.9 Å². The predicted molar refractivity (Wildman–Crippen MR) is 184 cm³/mol. The third-order valence-corrected chi connectivity index (χ3v) is 8.23. The first-order valence-corrected chi connectivity index (χ1v) is 16.7. The van der Waals surface area contributed by atoms with Crippen molar-refractivity contribution in [3.8, 4) is 17.3 Å². The van der Waals surface area contributed by atoms with Crippen LogP contribution < -0.4 is 21.7 Å². The summed E-state index contributed by atoms with van der Waals surface area (Å²) in [6.07, 6.45) is 0.338. The van der Waals surface area contributed by atoms with Gasteiger partial charge in [-0.25, -0.2) is 19.3 Å². The van der Waals surface area contributed by atoms with E-state index < -0.39 is 12.1 Å². The Morgan fingerprint density at radius 1 is 1.08 bits per heavy atom. The molecule has 5 rings (SSSR count). The number of halogens is 5.